The lowest BCUT2D eigenvalue weighted by atomic mass is 10.0. The highest BCUT2D eigenvalue weighted by Gasteiger charge is 2.18. The summed E-state index contributed by atoms with van der Waals surface area (Å²) in [5.41, 5.74) is 2.92. The van der Waals surface area contributed by atoms with Crippen LogP contribution in [-0.4, -0.2) is 19.1 Å². The number of anilines is 1. The van der Waals surface area contributed by atoms with E-state index < -0.39 is 0 Å². The summed E-state index contributed by atoms with van der Waals surface area (Å²) in [6.07, 6.45) is 1.08. The largest absolute Gasteiger partial charge is 0.369 e. The van der Waals surface area contributed by atoms with Gasteiger partial charge in [0.15, 0.2) is 0 Å². The number of nitrogens with one attached hydrogen (secondary N) is 1. The van der Waals surface area contributed by atoms with Gasteiger partial charge in [-0.25, -0.2) is 4.39 Å². The number of benzene rings is 1. The van der Waals surface area contributed by atoms with Gasteiger partial charge in [0.2, 0.25) is 0 Å². The van der Waals surface area contributed by atoms with Crippen molar-refractivity contribution in [1.82, 2.24) is 5.32 Å². The summed E-state index contributed by atoms with van der Waals surface area (Å²) < 4.78 is 14.0. The number of hydrogen-bond donors (Lipinski definition) is 1. The van der Waals surface area contributed by atoms with Gasteiger partial charge in [0.05, 0.1) is 0 Å². The monoisotopic (exact) mass is 280 g/mol. The van der Waals surface area contributed by atoms with Gasteiger partial charge in [0.1, 0.15) is 5.82 Å². The smallest absolute Gasteiger partial charge is 0.126 e. The topological polar surface area (TPSA) is 15.3 Å². The molecule has 0 heterocycles. The van der Waals surface area contributed by atoms with E-state index in [1.54, 1.807) is 6.07 Å². The van der Waals surface area contributed by atoms with E-state index in [4.69, 9.17) is 0 Å². The summed E-state index contributed by atoms with van der Waals surface area (Å²) in [6.45, 7) is 14.5. The quantitative estimate of drug-likeness (QED) is 0.795. The van der Waals surface area contributed by atoms with E-state index in [-0.39, 0.29) is 11.9 Å². The van der Waals surface area contributed by atoms with Gasteiger partial charge in [-0.2, -0.15) is 0 Å². The third kappa shape index (κ3) is 3.95. The van der Waals surface area contributed by atoms with Crippen molar-refractivity contribution in [2.75, 3.05) is 18.0 Å². The summed E-state index contributed by atoms with van der Waals surface area (Å²) in [5.74, 6) is -0.117. The van der Waals surface area contributed by atoms with Crippen molar-refractivity contribution >= 4 is 5.69 Å². The van der Waals surface area contributed by atoms with Crippen LogP contribution >= 0.6 is 0 Å². The number of nitrogens with zero attached hydrogens (tertiary/aromatic N) is 1. The Hall–Kier alpha value is -1.09. The van der Waals surface area contributed by atoms with E-state index in [0.29, 0.717) is 11.6 Å². The van der Waals surface area contributed by atoms with Crippen molar-refractivity contribution in [1.29, 1.82) is 0 Å². The maximum absolute atomic E-state index is 14.0. The van der Waals surface area contributed by atoms with Crippen LogP contribution in [0.1, 0.15) is 58.2 Å². The number of halogens is 1. The molecule has 0 amide bonds. The van der Waals surface area contributed by atoms with Crippen molar-refractivity contribution in [3.05, 3.63) is 29.1 Å². The van der Waals surface area contributed by atoms with Gasteiger partial charge >= 0.3 is 0 Å². The molecular weight excluding hydrogens is 251 g/mol. The maximum atomic E-state index is 14.0. The zero-order valence-electron chi connectivity index (χ0n) is 13.8. The van der Waals surface area contributed by atoms with Gasteiger partial charge in [0.25, 0.3) is 0 Å². The highest BCUT2D eigenvalue weighted by atomic mass is 19.1. The van der Waals surface area contributed by atoms with Gasteiger partial charge in [-0.05, 0) is 70.8 Å². The summed E-state index contributed by atoms with van der Waals surface area (Å²) in [7, 11) is 0. The van der Waals surface area contributed by atoms with Crippen molar-refractivity contribution in [3.63, 3.8) is 0 Å². The molecule has 1 N–H and O–H groups in total. The molecule has 20 heavy (non-hydrogen) atoms. The molecule has 0 saturated heterocycles. The van der Waals surface area contributed by atoms with Gasteiger partial charge < -0.3 is 10.2 Å². The van der Waals surface area contributed by atoms with Gasteiger partial charge in [-0.15, -0.1) is 0 Å². The van der Waals surface area contributed by atoms with E-state index in [1.165, 1.54) is 0 Å². The Bertz CT molecular complexity index is 429. The van der Waals surface area contributed by atoms with Crippen LogP contribution in [0.2, 0.25) is 0 Å². The van der Waals surface area contributed by atoms with Crippen LogP contribution in [0, 0.1) is 12.7 Å². The van der Waals surface area contributed by atoms with E-state index in [9.17, 15) is 4.39 Å². The van der Waals surface area contributed by atoms with Crippen molar-refractivity contribution in [3.8, 4) is 0 Å². The van der Waals surface area contributed by atoms with Crippen LogP contribution in [0.5, 0.6) is 0 Å². The molecule has 114 valence electrons. The average Bonchev–Trinajstić information content (AvgIpc) is 2.40. The highest BCUT2D eigenvalue weighted by molar-refractivity contribution is 5.57. The molecule has 0 bridgehead atoms. The maximum Gasteiger partial charge on any atom is 0.126 e. The van der Waals surface area contributed by atoms with Crippen LogP contribution in [-0.2, 0) is 0 Å². The molecule has 0 fully saturated rings. The second-order valence-corrected chi connectivity index (χ2v) is 5.72. The van der Waals surface area contributed by atoms with Crippen molar-refractivity contribution < 1.29 is 4.39 Å². The molecule has 1 rings (SSSR count). The average molecular weight is 280 g/mol. The Labute approximate surface area is 123 Å². The predicted octanol–water partition coefficient (Wildman–Crippen LogP) is 4.43. The molecule has 1 atom stereocenters. The zero-order valence-corrected chi connectivity index (χ0v) is 13.8. The third-order valence-electron chi connectivity index (χ3n) is 3.75. The third-order valence-corrected chi connectivity index (χ3v) is 3.75. The summed E-state index contributed by atoms with van der Waals surface area (Å²) in [4.78, 5) is 2.33. The van der Waals surface area contributed by atoms with E-state index in [1.807, 2.05) is 13.0 Å². The van der Waals surface area contributed by atoms with Crippen molar-refractivity contribution in [2.45, 2.75) is 60.0 Å². The molecule has 1 unspecified atom stereocenters. The standard InChI is InChI=1S/C17H29FN2/c1-7-9-19-14(6)15-11-16(18)13(5)10-17(15)20(8-2)12(3)4/h10-12,14,19H,7-9H2,1-6H3. The van der Waals surface area contributed by atoms with E-state index in [0.717, 1.165) is 30.8 Å². The second kappa shape index (κ2) is 7.63. The molecule has 3 heteroatoms. The van der Waals surface area contributed by atoms with Gasteiger partial charge in [-0.1, -0.05) is 6.92 Å². The first-order chi connectivity index (χ1) is 9.42. The molecular formula is C17H29FN2. The molecule has 0 saturated carbocycles. The number of aryl methyl sites for hydroxylation is 1. The van der Waals surface area contributed by atoms with Crippen LogP contribution in [0.25, 0.3) is 0 Å². The molecule has 1 aromatic rings. The summed E-state index contributed by atoms with van der Waals surface area (Å²) in [5, 5.41) is 3.46. The number of hydrogen-bond acceptors (Lipinski definition) is 2. The van der Waals surface area contributed by atoms with E-state index in [2.05, 4.69) is 44.8 Å². The first kappa shape index (κ1) is 17.0. The molecule has 2 nitrogen and oxygen atoms in total. The summed E-state index contributed by atoms with van der Waals surface area (Å²) >= 11 is 0. The minimum absolute atomic E-state index is 0.117. The molecule has 0 radical (unpaired) electrons. The Morgan fingerprint density at radius 3 is 2.35 bits per heavy atom. The zero-order chi connectivity index (χ0) is 15.3. The Morgan fingerprint density at radius 2 is 1.85 bits per heavy atom. The molecule has 0 aliphatic rings. The predicted molar refractivity (Wildman–Crippen MR) is 86.0 cm³/mol. The highest BCUT2D eigenvalue weighted by Crippen LogP contribution is 2.30. The molecule has 1 aromatic carbocycles. The second-order valence-electron chi connectivity index (χ2n) is 5.72. The first-order valence-corrected chi connectivity index (χ1v) is 7.72. The Morgan fingerprint density at radius 1 is 1.20 bits per heavy atom. The minimum Gasteiger partial charge on any atom is -0.369 e. The lowest BCUT2D eigenvalue weighted by molar-refractivity contribution is 0.556. The fourth-order valence-electron chi connectivity index (χ4n) is 2.56. The number of rotatable bonds is 7. The summed E-state index contributed by atoms with van der Waals surface area (Å²) in [6, 6.07) is 4.25. The van der Waals surface area contributed by atoms with Crippen LogP contribution < -0.4 is 10.2 Å². The Kier molecular flexibility index (Phi) is 6.47. The molecule has 0 aliphatic carbocycles. The van der Waals surface area contributed by atoms with Crippen LogP contribution in [0.3, 0.4) is 0 Å². The Balaban J connectivity index is 3.22. The van der Waals surface area contributed by atoms with Crippen LogP contribution in [0.15, 0.2) is 12.1 Å². The van der Waals surface area contributed by atoms with Gasteiger partial charge in [0, 0.05) is 24.3 Å². The fourth-order valence-corrected chi connectivity index (χ4v) is 2.56. The normalized spacial score (nSPS) is 12.8. The molecule has 0 aromatic heterocycles. The molecule has 0 aliphatic heterocycles. The lowest BCUT2D eigenvalue weighted by Gasteiger charge is -2.32. The minimum atomic E-state index is -0.117. The van der Waals surface area contributed by atoms with Crippen LogP contribution in [0.4, 0.5) is 10.1 Å². The lowest BCUT2D eigenvalue weighted by Crippen LogP contribution is -2.32. The van der Waals surface area contributed by atoms with Crippen molar-refractivity contribution in [2.24, 2.45) is 0 Å². The first-order valence-electron chi connectivity index (χ1n) is 7.72. The van der Waals surface area contributed by atoms with E-state index >= 15 is 0 Å². The SMILES string of the molecule is CCCNC(C)c1cc(F)c(C)cc1N(CC)C(C)C. The van der Waals surface area contributed by atoms with Gasteiger partial charge in [-0.3, -0.25) is 0 Å². The molecule has 0 spiro atoms. The fraction of sp³-hybridized carbons (Fsp3) is 0.647.